The summed E-state index contributed by atoms with van der Waals surface area (Å²) in [7, 11) is 0. The number of nitrogens with two attached hydrogens (primary N) is 1. The zero-order chi connectivity index (χ0) is 20.7. The van der Waals surface area contributed by atoms with Gasteiger partial charge in [-0.05, 0) is 38.5 Å². The van der Waals surface area contributed by atoms with Gasteiger partial charge in [0.2, 0.25) is 5.91 Å². The third kappa shape index (κ3) is 3.32. The van der Waals surface area contributed by atoms with Gasteiger partial charge in [-0.3, -0.25) is 14.7 Å². The lowest BCUT2D eigenvalue weighted by Gasteiger charge is -2.24. The number of primary amides is 1. The van der Waals surface area contributed by atoms with Crippen LogP contribution in [-0.4, -0.2) is 45.2 Å². The summed E-state index contributed by atoms with van der Waals surface area (Å²) >= 11 is 0. The molecule has 8 heteroatoms. The monoisotopic (exact) mass is 411 g/mol. The fraction of sp³-hybridized carbons (Fsp3) is 0.636. The number of aromatic nitrogens is 3. The molecule has 1 aliphatic heterocycles. The molecule has 30 heavy (non-hydrogen) atoms. The Hall–Kier alpha value is -2.64. The Kier molecular flexibility index (Phi) is 4.87. The molecular weight excluding hydrogens is 382 g/mol. The molecule has 2 aliphatic carbocycles. The van der Waals surface area contributed by atoms with E-state index in [4.69, 9.17) is 10.3 Å². The quantitative estimate of drug-likeness (QED) is 0.784. The first-order chi connectivity index (χ1) is 14.6. The van der Waals surface area contributed by atoms with Crippen LogP contribution in [0.5, 0.6) is 0 Å². The van der Waals surface area contributed by atoms with Crippen molar-refractivity contribution in [2.75, 3.05) is 13.1 Å². The van der Waals surface area contributed by atoms with E-state index in [1.165, 1.54) is 19.3 Å². The predicted octanol–water partition coefficient (Wildman–Crippen LogP) is 2.49. The molecule has 8 nitrogen and oxygen atoms in total. The van der Waals surface area contributed by atoms with Crippen molar-refractivity contribution in [2.24, 2.45) is 11.1 Å². The fourth-order valence-corrected chi connectivity index (χ4v) is 5.46. The summed E-state index contributed by atoms with van der Waals surface area (Å²) in [5.74, 6) is 0.632. The van der Waals surface area contributed by atoms with E-state index in [1.54, 1.807) is 4.90 Å². The lowest BCUT2D eigenvalue weighted by molar-refractivity contribution is -0.127. The second kappa shape index (κ2) is 7.56. The minimum atomic E-state index is -0.821. The first-order valence-electron chi connectivity index (χ1n) is 11.2. The second-order valence-electron chi connectivity index (χ2n) is 9.23. The first-order valence-corrected chi connectivity index (χ1v) is 11.2. The highest BCUT2D eigenvalue weighted by Gasteiger charge is 2.46. The maximum absolute atomic E-state index is 13.1. The van der Waals surface area contributed by atoms with Crippen molar-refractivity contribution < 1.29 is 14.1 Å². The largest absolute Gasteiger partial charge is 0.369 e. The lowest BCUT2D eigenvalue weighted by atomic mass is 9.81. The van der Waals surface area contributed by atoms with Crippen LogP contribution in [0.15, 0.2) is 10.6 Å². The number of nitrogens with zero attached hydrogens (tertiary/aromatic N) is 3. The summed E-state index contributed by atoms with van der Waals surface area (Å²) in [4.78, 5) is 27.3. The van der Waals surface area contributed by atoms with Crippen LogP contribution in [0.3, 0.4) is 0 Å². The van der Waals surface area contributed by atoms with Crippen LogP contribution >= 0.6 is 0 Å². The molecule has 3 N–H and O–H groups in total. The number of aryl methyl sites for hydroxylation is 1. The molecule has 2 amide bonds. The number of hydrogen-bond acceptors (Lipinski definition) is 5. The van der Waals surface area contributed by atoms with E-state index in [0.29, 0.717) is 43.3 Å². The fourth-order valence-electron chi connectivity index (χ4n) is 5.46. The predicted molar refractivity (Wildman–Crippen MR) is 109 cm³/mol. The number of amides is 2. The van der Waals surface area contributed by atoms with Crippen LogP contribution in [0, 0.1) is 5.41 Å². The van der Waals surface area contributed by atoms with Crippen LogP contribution < -0.4 is 5.73 Å². The highest BCUT2D eigenvalue weighted by atomic mass is 16.5. The van der Waals surface area contributed by atoms with Crippen LogP contribution in [0.4, 0.5) is 0 Å². The molecule has 0 bridgehead atoms. The number of aromatic amines is 1. The van der Waals surface area contributed by atoms with Gasteiger partial charge in [0.05, 0.1) is 11.1 Å². The summed E-state index contributed by atoms with van der Waals surface area (Å²) < 4.78 is 5.60. The van der Waals surface area contributed by atoms with E-state index < -0.39 is 5.41 Å². The van der Waals surface area contributed by atoms with Crippen molar-refractivity contribution in [2.45, 2.75) is 70.1 Å². The third-order valence-corrected chi connectivity index (χ3v) is 7.29. The van der Waals surface area contributed by atoms with Crippen molar-refractivity contribution >= 4 is 11.8 Å². The Morgan fingerprint density at radius 3 is 2.87 bits per heavy atom. The Labute approximate surface area is 175 Å². The van der Waals surface area contributed by atoms with Gasteiger partial charge in [-0.1, -0.05) is 24.4 Å². The smallest absolute Gasteiger partial charge is 0.274 e. The van der Waals surface area contributed by atoms with Gasteiger partial charge in [-0.25, -0.2) is 0 Å². The summed E-state index contributed by atoms with van der Waals surface area (Å²) in [5.41, 5.74) is 8.61. The number of fused-ring (bicyclic) bond motifs is 1. The second-order valence-corrected chi connectivity index (χ2v) is 9.23. The Morgan fingerprint density at radius 1 is 1.23 bits per heavy atom. The van der Waals surface area contributed by atoms with E-state index in [9.17, 15) is 9.59 Å². The van der Waals surface area contributed by atoms with E-state index >= 15 is 0 Å². The molecule has 3 aliphatic rings. The van der Waals surface area contributed by atoms with Crippen molar-refractivity contribution in [3.8, 4) is 0 Å². The maximum atomic E-state index is 13.1. The Balaban J connectivity index is 1.31. The molecule has 3 heterocycles. The van der Waals surface area contributed by atoms with Gasteiger partial charge in [0.1, 0.15) is 5.76 Å². The molecule has 2 aromatic heterocycles. The van der Waals surface area contributed by atoms with E-state index in [2.05, 4.69) is 15.4 Å². The molecule has 0 aromatic carbocycles. The SMILES string of the molecule is NC(=O)[C@]1(Cc2cc(C3CCCCC3)no2)CCN(C(=O)c2n[nH]c3c2CCC3)C1. The topological polar surface area (TPSA) is 118 Å². The molecule has 1 saturated heterocycles. The average molecular weight is 412 g/mol. The van der Waals surface area contributed by atoms with E-state index in [1.807, 2.05) is 6.07 Å². The normalized spacial score (nSPS) is 24.3. The number of carbonyl (C=O) groups is 2. The van der Waals surface area contributed by atoms with Crippen LogP contribution in [0.25, 0.3) is 0 Å². The zero-order valence-electron chi connectivity index (χ0n) is 17.3. The number of H-pyrrole nitrogens is 1. The van der Waals surface area contributed by atoms with Crippen LogP contribution in [-0.2, 0) is 24.1 Å². The van der Waals surface area contributed by atoms with Crippen molar-refractivity contribution in [3.05, 3.63) is 34.5 Å². The number of likely N-dealkylation sites (tertiary alicyclic amines) is 1. The maximum Gasteiger partial charge on any atom is 0.274 e. The number of rotatable bonds is 5. The summed E-state index contributed by atoms with van der Waals surface area (Å²) in [6.07, 6.45) is 9.80. The van der Waals surface area contributed by atoms with Crippen LogP contribution in [0.2, 0.25) is 0 Å². The minimum absolute atomic E-state index is 0.113. The first kappa shape index (κ1) is 19.3. The highest BCUT2D eigenvalue weighted by molar-refractivity contribution is 5.95. The average Bonchev–Trinajstić information content (AvgIpc) is 3.53. The standard InChI is InChI=1S/C22H29N5O3/c23-21(29)22(12-15-11-18(26-30-15)14-5-2-1-3-6-14)9-10-27(13-22)20(28)19-16-7-4-8-17(16)24-25-19/h11,14H,1-10,12-13H2,(H2,23,29)(H,24,25)/t22-/m0/s1. The number of hydrogen-bond donors (Lipinski definition) is 2. The molecule has 1 saturated carbocycles. The van der Waals surface area contributed by atoms with Gasteiger partial charge in [-0.2, -0.15) is 5.10 Å². The minimum Gasteiger partial charge on any atom is -0.369 e. The van der Waals surface area contributed by atoms with Crippen molar-refractivity contribution in [1.29, 1.82) is 0 Å². The number of nitrogens with one attached hydrogen (secondary N) is 1. The lowest BCUT2D eigenvalue weighted by Crippen LogP contribution is -2.42. The van der Waals surface area contributed by atoms with Gasteiger partial charge in [0.15, 0.2) is 5.69 Å². The molecule has 5 rings (SSSR count). The highest BCUT2D eigenvalue weighted by Crippen LogP contribution is 2.37. The third-order valence-electron chi connectivity index (χ3n) is 7.29. The molecule has 2 aromatic rings. The van der Waals surface area contributed by atoms with Gasteiger partial charge in [0, 0.05) is 42.8 Å². The molecular formula is C22H29N5O3. The molecule has 0 spiro atoms. The molecule has 0 unspecified atom stereocenters. The Morgan fingerprint density at radius 2 is 2.07 bits per heavy atom. The van der Waals surface area contributed by atoms with Gasteiger partial charge in [0.25, 0.3) is 5.91 Å². The zero-order valence-corrected chi connectivity index (χ0v) is 17.3. The molecule has 1 atom stereocenters. The molecule has 160 valence electrons. The van der Waals surface area contributed by atoms with Crippen molar-refractivity contribution in [1.82, 2.24) is 20.3 Å². The summed E-state index contributed by atoms with van der Waals surface area (Å²) in [5, 5.41) is 11.5. The van der Waals surface area contributed by atoms with Gasteiger partial charge in [-0.15, -0.1) is 0 Å². The Bertz CT molecular complexity index is 958. The summed E-state index contributed by atoms with van der Waals surface area (Å²) in [6.45, 7) is 0.787. The van der Waals surface area contributed by atoms with Gasteiger partial charge >= 0.3 is 0 Å². The van der Waals surface area contributed by atoms with Gasteiger partial charge < -0.3 is 15.2 Å². The molecule has 2 fully saturated rings. The van der Waals surface area contributed by atoms with E-state index in [0.717, 1.165) is 49.1 Å². The van der Waals surface area contributed by atoms with E-state index in [-0.39, 0.29) is 11.8 Å². The van der Waals surface area contributed by atoms with Crippen molar-refractivity contribution in [3.63, 3.8) is 0 Å². The van der Waals surface area contributed by atoms with Crippen LogP contribution in [0.1, 0.15) is 84.1 Å². The summed E-state index contributed by atoms with van der Waals surface area (Å²) in [6, 6.07) is 1.99. The molecule has 0 radical (unpaired) electrons. The number of carbonyl (C=O) groups excluding carboxylic acids is 2.